The summed E-state index contributed by atoms with van der Waals surface area (Å²) in [5.74, 6) is 0.697. The van der Waals surface area contributed by atoms with E-state index < -0.39 is 5.54 Å². The molecule has 0 aromatic heterocycles. The third-order valence-electron chi connectivity index (χ3n) is 3.68. The number of hydrogen-bond donors (Lipinski definition) is 1. The minimum absolute atomic E-state index is 0.0873. The van der Waals surface area contributed by atoms with E-state index in [1.54, 1.807) is 0 Å². The highest BCUT2D eigenvalue weighted by Gasteiger charge is 2.42. The molecule has 1 fully saturated rings. The standard InChI is InChI=1S/C13H25NO2/c1-5-11-6-8-13(9-7-11,12(15)16-4)14-10(2)3/h10-11,14H,5-9H2,1-4H3. The fraction of sp³-hybridized carbons (Fsp3) is 0.923. The predicted octanol–water partition coefficient (Wildman–Crippen LogP) is 2.50. The van der Waals surface area contributed by atoms with E-state index >= 15 is 0 Å². The summed E-state index contributed by atoms with van der Waals surface area (Å²) in [5, 5.41) is 3.42. The van der Waals surface area contributed by atoms with Gasteiger partial charge < -0.3 is 4.74 Å². The van der Waals surface area contributed by atoms with Crippen LogP contribution in [0.3, 0.4) is 0 Å². The first-order chi connectivity index (χ1) is 7.54. The van der Waals surface area contributed by atoms with Crippen LogP contribution in [0.25, 0.3) is 0 Å². The smallest absolute Gasteiger partial charge is 0.326 e. The molecule has 1 N–H and O–H groups in total. The second-order valence-electron chi connectivity index (χ2n) is 5.22. The molecule has 0 bridgehead atoms. The van der Waals surface area contributed by atoms with Crippen molar-refractivity contribution < 1.29 is 9.53 Å². The normalized spacial score (nSPS) is 30.4. The number of hydrogen-bond acceptors (Lipinski definition) is 3. The van der Waals surface area contributed by atoms with Crippen LogP contribution in [0.5, 0.6) is 0 Å². The van der Waals surface area contributed by atoms with Gasteiger partial charge in [-0.05, 0) is 45.4 Å². The number of rotatable bonds is 4. The Morgan fingerprint density at radius 2 is 2.00 bits per heavy atom. The number of nitrogens with one attached hydrogen (secondary N) is 1. The average Bonchev–Trinajstić information content (AvgIpc) is 2.28. The van der Waals surface area contributed by atoms with Crippen molar-refractivity contribution in [3.8, 4) is 0 Å². The van der Waals surface area contributed by atoms with Gasteiger partial charge in [0.15, 0.2) is 0 Å². The van der Waals surface area contributed by atoms with Crippen molar-refractivity contribution in [1.29, 1.82) is 0 Å². The van der Waals surface area contributed by atoms with E-state index in [0.29, 0.717) is 6.04 Å². The maximum atomic E-state index is 11.9. The van der Waals surface area contributed by atoms with Crippen LogP contribution in [-0.4, -0.2) is 24.7 Å². The first kappa shape index (κ1) is 13.5. The number of ether oxygens (including phenoxy) is 1. The number of carbonyl (C=O) groups excluding carboxylic acids is 1. The molecule has 1 rings (SSSR count). The van der Waals surface area contributed by atoms with Crippen molar-refractivity contribution in [3.05, 3.63) is 0 Å². The molecule has 0 aromatic rings. The Balaban J connectivity index is 2.70. The van der Waals surface area contributed by atoms with Crippen molar-refractivity contribution in [3.63, 3.8) is 0 Å². The minimum atomic E-state index is -0.422. The van der Waals surface area contributed by atoms with E-state index in [1.165, 1.54) is 13.5 Å². The molecule has 0 unspecified atom stereocenters. The molecule has 0 radical (unpaired) electrons. The molecular weight excluding hydrogens is 202 g/mol. The summed E-state index contributed by atoms with van der Waals surface area (Å²) >= 11 is 0. The molecule has 94 valence electrons. The first-order valence-electron chi connectivity index (χ1n) is 6.40. The summed E-state index contributed by atoms with van der Waals surface area (Å²) < 4.78 is 4.96. The average molecular weight is 227 g/mol. The molecule has 1 aliphatic carbocycles. The monoisotopic (exact) mass is 227 g/mol. The Labute approximate surface area is 98.9 Å². The summed E-state index contributed by atoms with van der Waals surface area (Å²) in [5.41, 5.74) is -0.422. The second kappa shape index (κ2) is 5.67. The van der Waals surface area contributed by atoms with Crippen molar-refractivity contribution in [2.75, 3.05) is 7.11 Å². The maximum Gasteiger partial charge on any atom is 0.326 e. The summed E-state index contributed by atoms with van der Waals surface area (Å²) in [6.45, 7) is 6.39. The summed E-state index contributed by atoms with van der Waals surface area (Å²) in [7, 11) is 1.48. The van der Waals surface area contributed by atoms with Crippen molar-refractivity contribution in [1.82, 2.24) is 5.32 Å². The molecule has 3 nitrogen and oxygen atoms in total. The Morgan fingerprint density at radius 1 is 1.44 bits per heavy atom. The van der Waals surface area contributed by atoms with Crippen molar-refractivity contribution in [2.24, 2.45) is 5.92 Å². The van der Waals surface area contributed by atoms with Gasteiger partial charge in [-0.1, -0.05) is 13.3 Å². The largest absolute Gasteiger partial charge is 0.468 e. The molecule has 1 aliphatic rings. The highest BCUT2D eigenvalue weighted by atomic mass is 16.5. The molecule has 16 heavy (non-hydrogen) atoms. The van der Waals surface area contributed by atoms with E-state index in [0.717, 1.165) is 31.6 Å². The summed E-state index contributed by atoms with van der Waals surface area (Å²) in [6, 6.07) is 0.317. The van der Waals surface area contributed by atoms with Gasteiger partial charge >= 0.3 is 5.97 Å². The van der Waals surface area contributed by atoms with Crippen LogP contribution in [0.4, 0.5) is 0 Å². The molecule has 0 aliphatic heterocycles. The Hall–Kier alpha value is -0.570. The number of carbonyl (C=O) groups is 1. The van der Waals surface area contributed by atoms with Crippen LogP contribution in [0, 0.1) is 5.92 Å². The van der Waals surface area contributed by atoms with Crippen LogP contribution in [0.1, 0.15) is 52.9 Å². The van der Waals surface area contributed by atoms with Crippen LogP contribution in [-0.2, 0) is 9.53 Å². The van der Waals surface area contributed by atoms with Gasteiger partial charge in [0.1, 0.15) is 5.54 Å². The first-order valence-corrected chi connectivity index (χ1v) is 6.40. The van der Waals surface area contributed by atoms with E-state index in [-0.39, 0.29) is 5.97 Å². The van der Waals surface area contributed by atoms with Crippen LogP contribution in [0.2, 0.25) is 0 Å². The highest BCUT2D eigenvalue weighted by molar-refractivity contribution is 5.81. The Bertz CT molecular complexity index is 230. The zero-order chi connectivity index (χ0) is 12.2. The summed E-state index contributed by atoms with van der Waals surface area (Å²) in [4.78, 5) is 11.9. The van der Waals surface area contributed by atoms with E-state index in [9.17, 15) is 4.79 Å². The van der Waals surface area contributed by atoms with Crippen molar-refractivity contribution in [2.45, 2.75) is 64.5 Å². The molecule has 0 amide bonds. The van der Waals surface area contributed by atoms with Crippen molar-refractivity contribution >= 4 is 5.97 Å². The van der Waals surface area contributed by atoms with E-state index in [4.69, 9.17) is 4.74 Å². The third-order valence-corrected chi connectivity index (χ3v) is 3.68. The lowest BCUT2D eigenvalue weighted by Gasteiger charge is -2.39. The number of methoxy groups -OCH3 is 1. The molecule has 3 heteroatoms. The van der Waals surface area contributed by atoms with Gasteiger partial charge in [-0.15, -0.1) is 0 Å². The van der Waals surface area contributed by atoms with Gasteiger partial charge in [-0.3, -0.25) is 10.1 Å². The molecule has 1 saturated carbocycles. The fourth-order valence-corrected chi connectivity index (χ4v) is 2.73. The third kappa shape index (κ3) is 2.97. The molecule has 0 heterocycles. The highest BCUT2D eigenvalue weighted by Crippen LogP contribution is 2.34. The molecule has 0 aromatic carbocycles. The van der Waals surface area contributed by atoms with Gasteiger partial charge in [-0.2, -0.15) is 0 Å². The molecule has 0 saturated heterocycles. The SMILES string of the molecule is CCC1CCC(NC(C)C)(C(=O)OC)CC1. The van der Waals surface area contributed by atoms with E-state index in [1.807, 2.05) is 0 Å². The van der Waals surface area contributed by atoms with Gasteiger partial charge in [-0.25, -0.2) is 0 Å². The van der Waals surface area contributed by atoms with E-state index in [2.05, 4.69) is 26.1 Å². The zero-order valence-electron chi connectivity index (χ0n) is 11.0. The van der Waals surface area contributed by atoms with Crippen LogP contribution in [0.15, 0.2) is 0 Å². The van der Waals surface area contributed by atoms with Gasteiger partial charge in [0.25, 0.3) is 0 Å². The predicted molar refractivity (Wildman–Crippen MR) is 65.3 cm³/mol. The van der Waals surface area contributed by atoms with Gasteiger partial charge in [0, 0.05) is 6.04 Å². The number of esters is 1. The fourth-order valence-electron chi connectivity index (χ4n) is 2.73. The maximum absolute atomic E-state index is 11.9. The van der Waals surface area contributed by atoms with Crippen LogP contribution >= 0.6 is 0 Å². The van der Waals surface area contributed by atoms with Gasteiger partial charge in [0.2, 0.25) is 0 Å². The lowest BCUT2D eigenvalue weighted by atomic mass is 9.75. The van der Waals surface area contributed by atoms with Gasteiger partial charge in [0.05, 0.1) is 7.11 Å². The second-order valence-corrected chi connectivity index (χ2v) is 5.22. The minimum Gasteiger partial charge on any atom is -0.468 e. The Kier molecular flexibility index (Phi) is 4.78. The molecule has 0 atom stereocenters. The molecular formula is C13H25NO2. The quantitative estimate of drug-likeness (QED) is 0.750. The summed E-state index contributed by atoms with van der Waals surface area (Å²) in [6.07, 6.45) is 5.31. The lowest BCUT2D eigenvalue weighted by Crippen LogP contribution is -2.57. The lowest BCUT2D eigenvalue weighted by molar-refractivity contribution is -0.151. The topological polar surface area (TPSA) is 38.3 Å². The Morgan fingerprint density at radius 3 is 2.38 bits per heavy atom. The van der Waals surface area contributed by atoms with Crippen LogP contribution < -0.4 is 5.32 Å². The molecule has 0 spiro atoms. The zero-order valence-corrected chi connectivity index (χ0v) is 11.0.